The molecular formula is C20H21N3O4S. The van der Waals surface area contributed by atoms with Gasteiger partial charge in [-0.1, -0.05) is 12.1 Å². The number of esters is 1. The van der Waals surface area contributed by atoms with Crippen LogP contribution in [-0.4, -0.2) is 33.7 Å². The zero-order chi connectivity index (χ0) is 19.2. The van der Waals surface area contributed by atoms with Crippen molar-refractivity contribution < 1.29 is 19.0 Å². The zero-order valence-corrected chi connectivity index (χ0v) is 16.1. The van der Waals surface area contributed by atoms with Crippen molar-refractivity contribution in [3.8, 4) is 5.75 Å². The molecule has 1 aliphatic heterocycles. The molecule has 146 valence electrons. The van der Waals surface area contributed by atoms with Gasteiger partial charge < -0.3 is 18.8 Å². The summed E-state index contributed by atoms with van der Waals surface area (Å²) >= 11 is 1.35. The molecule has 1 unspecified atom stereocenters. The molecule has 0 amide bonds. The van der Waals surface area contributed by atoms with E-state index in [-0.39, 0.29) is 18.7 Å². The van der Waals surface area contributed by atoms with Gasteiger partial charge in [0.1, 0.15) is 35.0 Å². The van der Waals surface area contributed by atoms with Crippen molar-refractivity contribution in [3.63, 3.8) is 0 Å². The van der Waals surface area contributed by atoms with Crippen LogP contribution in [0.5, 0.6) is 5.75 Å². The van der Waals surface area contributed by atoms with Crippen LogP contribution in [0.1, 0.15) is 39.2 Å². The normalized spacial score (nSPS) is 16.2. The molecule has 1 atom stereocenters. The van der Waals surface area contributed by atoms with E-state index in [1.165, 1.54) is 11.3 Å². The summed E-state index contributed by atoms with van der Waals surface area (Å²) < 4.78 is 18.7. The van der Waals surface area contributed by atoms with E-state index in [0.717, 1.165) is 42.3 Å². The summed E-state index contributed by atoms with van der Waals surface area (Å²) in [5, 5.41) is 0.849. The van der Waals surface area contributed by atoms with Crippen LogP contribution in [0.3, 0.4) is 0 Å². The Morgan fingerprint density at radius 2 is 2.21 bits per heavy atom. The lowest BCUT2D eigenvalue weighted by Gasteiger charge is -2.08. The number of hydrogen-bond acceptors (Lipinski definition) is 7. The lowest BCUT2D eigenvalue weighted by Crippen LogP contribution is -2.06. The maximum Gasteiger partial charge on any atom is 0.350 e. The van der Waals surface area contributed by atoms with Crippen LogP contribution >= 0.6 is 11.3 Å². The molecule has 0 radical (unpaired) electrons. The fourth-order valence-electron chi connectivity index (χ4n) is 2.89. The van der Waals surface area contributed by atoms with Gasteiger partial charge in [0.25, 0.3) is 0 Å². The second-order valence-electron chi connectivity index (χ2n) is 6.43. The van der Waals surface area contributed by atoms with Crippen LogP contribution in [0.15, 0.2) is 49.2 Å². The first-order valence-electron chi connectivity index (χ1n) is 9.20. The highest BCUT2D eigenvalue weighted by atomic mass is 32.1. The standard InChI is InChI=1S/C20H21N3O4S/c24-20(18-12-22-19(28-18)17-2-1-10-26-17)27-13-15-3-5-16(6-4-15)25-11-9-23-8-7-21-14-23/h3-8,12,14,17H,1-2,9-11,13H2. The predicted octanol–water partition coefficient (Wildman–Crippen LogP) is 3.63. The molecule has 0 saturated carbocycles. The van der Waals surface area contributed by atoms with Crippen LogP contribution in [0.25, 0.3) is 0 Å². The molecule has 4 rings (SSSR count). The summed E-state index contributed by atoms with van der Waals surface area (Å²) in [5.74, 6) is 0.418. The van der Waals surface area contributed by atoms with Crippen molar-refractivity contribution in [3.05, 3.63) is 64.6 Å². The minimum atomic E-state index is -0.359. The number of aromatic nitrogens is 3. The molecule has 3 aromatic rings. The number of ether oxygens (including phenoxy) is 3. The summed E-state index contributed by atoms with van der Waals surface area (Å²) in [7, 11) is 0. The molecule has 0 aliphatic carbocycles. The van der Waals surface area contributed by atoms with Crippen LogP contribution in [0.2, 0.25) is 0 Å². The number of hydrogen-bond donors (Lipinski definition) is 0. The summed E-state index contributed by atoms with van der Waals surface area (Å²) in [6, 6.07) is 7.53. The summed E-state index contributed by atoms with van der Waals surface area (Å²) in [6.07, 6.45) is 8.98. The quantitative estimate of drug-likeness (QED) is 0.539. The van der Waals surface area contributed by atoms with Crippen molar-refractivity contribution >= 4 is 17.3 Å². The fraction of sp³-hybridized carbons (Fsp3) is 0.350. The number of benzene rings is 1. The Balaban J connectivity index is 1.23. The number of carbonyl (C=O) groups excluding carboxylic acids is 1. The maximum absolute atomic E-state index is 12.2. The van der Waals surface area contributed by atoms with Gasteiger partial charge in [-0.25, -0.2) is 14.8 Å². The fourth-order valence-corrected chi connectivity index (χ4v) is 3.79. The van der Waals surface area contributed by atoms with Crippen molar-refractivity contribution in [2.24, 2.45) is 0 Å². The second-order valence-corrected chi connectivity index (χ2v) is 7.50. The monoisotopic (exact) mass is 399 g/mol. The van der Waals surface area contributed by atoms with Gasteiger partial charge in [-0.2, -0.15) is 0 Å². The Labute approximate surface area is 166 Å². The van der Waals surface area contributed by atoms with Crippen molar-refractivity contribution in [2.75, 3.05) is 13.2 Å². The van der Waals surface area contributed by atoms with Crippen molar-refractivity contribution in [2.45, 2.75) is 32.1 Å². The molecular weight excluding hydrogens is 378 g/mol. The second kappa shape index (κ2) is 8.99. The maximum atomic E-state index is 12.2. The van der Waals surface area contributed by atoms with Gasteiger partial charge in [0, 0.05) is 19.0 Å². The highest BCUT2D eigenvalue weighted by Crippen LogP contribution is 2.31. The van der Waals surface area contributed by atoms with E-state index in [9.17, 15) is 4.79 Å². The number of thiazole rings is 1. The van der Waals surface area contributed by atoms with E-state index in [2.05, 4.69) is 9.97 Å². The van der Waals surface area contributed by atoms with Crippen LogP contribution < -0.4 is 4.74 Å². The molecule has 1 aromatic carbocycles. The highest BCUT2D eigenvalue weighted by Gasteiger charge is 2.22. The first-order valence-corrected chi connectivity index (χ1v) is 10.0. The van der Waals surface area contributed by atoms with E-state index < -0.39 is 0 Å². The minimum absolute atomic E-state index is 0.0212. The largest absolute Gasteiger partial charge is 0.492 e. The van der Waals surface area contributed by atoms with Gasteiger partial charge in [-0.15, -0.1) is 11.3 Å². The van der Waals surface area contributed by atoms with Gasteiger partial charge in [0.15, 0.2) is 0 Å². The molecule has 1 aliphatic rings. The Morgan fingerprint density at radius 3 is 2.96 bits per heavy atom. The van der Waals surface area contributed by atoms with Gasteiger partial charge in [-0.3, -0.25) is 0 Å². The average Bonchev–Trinajstić information content (AvgIpc) is 3.49. The average molecular weight is 399 g/mol. The number of rotatable bonds is 8. The Hall–Kier alpha value is -2.71. The third-order valence-electron chi connectivity index (χ3n) is 4.40. The molecule has 8 heteroatoms. The summed E-state index contributed by atoms with van der Waals surface area (Å²) in [4.78, 5) is 21.0. The van der Waals surface area contributed by atoms with E-state index >= 15 is 0 Å². The summed E-state index contributed by atoms with van der Waals surface area (Å²) in [6.45, 7) is 2.26. The lowest BCUT2D eigenvalue weighted by molar-refractivity contribution is 0.0478. The molecule has 2 aromatic heterocycles. The van der Waals surface area contributed by atoms with Gasteiger partial charge in [-0.05, 0) is 30.5 Å². The first kappa shape index (κ1) is 18.6. The van der Waals surface area contributed by atoms with Gasteiger partial charge in [0.2, 0.25) is 0 Å². The van der Waals surface area contributed by atoms with E-state index in [1.807, 2.05) is 35.0 Å². The third kappa shape index (κ3) is 4.76. The molecule has 1 saturated heterocycles. The number of carbonyl (C=O) groups is 1. The number of imidazole rings is 1. The van der Waals surface area contributed by atoms with E-state index in [1.54, 1.807) is 18.7 Å². The van der Waals surface area contributed by atoms with Crippen molar-refractivity contribution in [1.82, 2.24) is 14.5 Å². The Morgan fingerprint density at radius 1 is 1.32 bits per heavy atom. The SMILES string of the molecule is O=C(OCc1ccc(OCCn2ccnc2)cc1)c1cnc(C2CCCO2)s1. The molecule has 0 N–H and O–H groups in total. The third-order valence-corrected chi connectivity index (χ3v) is 5.47. The molecule has 0 bridgehead atoms. The number of nitrogens with zero attached hydrogens (tertiary/aromatic N) is 3. The Bertz CT molecular complexity index is 887. The highest BCUT2D eigenvalue weighted by molar-refractivity contribution is 7.13. The summed E-state index contributed by atoms with van der Waals surface area (Å²) in [5.41, 5.74) is 0.902. The smallest absolute Gasteiger partial charge is 0.350 e. The lowest BCUT2D eigenvalue weighted by atomic mass is 10.2. The van der Waals surface area contributed by atoms with Gasteiger partial charge in [0.05, 0.1) is 19.1 Å². The predicted molar refractivity (Wildman–Crippen MR) is 103 cm³/mol. The Kier molecular flexibility index (Phi) is 5.98. The van der Waals surface area contributed by atoms with Gasteiger partial charge >= 0.3 is 5.97 Å². The van der Waals surface area contributed by atoms with Crippen LogP contribution in [-0.2, 0) is 22.6 Å². The molecule has 0 spiro atoms. The molecule has 3 heterocycles. The molecule has 28 heavy (non-hydrogen) atoms. The molecule has 1 fully saturated rings. The van der Waals surface area contributed by atoms with Crippen LogP contribution in [0, 0.1) is 0 Å². The van der Waals surface area contributed by atoms with Crippen molar-refractivity contribution in [1.29, 1.82) is 0 Å². The zero-order valence-electron chi connectivity index (χ0n) is 15.3. The van der Waals surface area contributed by atoms with E-state index in [4.69, 9.17) is 14.2 Å². The van der Waals surface area contributed by atoms with E-state index in [0.29, 0.717) is 11.5 Å². The van der Waals surface area contributed by atoms with Crippen LogP contribution in [0.4, 0.5) is 0 Å². The first-order chi connectivity index (χ1) is 13.8. The molecule has 7 nitrogen and oxygen atoms in total. The topological polar surface area (TPSA) is 75.5 Å². The minimum Gasteiger partial charge on any atom is -0.492 e.